The van der Waals surface area contributed by atoms with Gasteiger partial charge in [0.15, 0.2) is 0 Å². The molecule has 0 aliphatic heterocycles. The van der Waals surface area contributed by atoms with Crippen molar-refractivity contribution in [3.63, 3.8) is 0 Å². The molecule has 0 radical (unpaired) electrons. The van der Waals surface area contributed by atoms with Crippen LogP contribution in [-0.2, 0) is 13.1 Å². The van der Waals surface area contributed by atoms with Gasteiger partial charge in [-0.25, -0.2) is 19.3 Å². The summed E-state index contributed by atoms with van der Waals surface area (Å²) in [6.07, 6.45) is -0.435. The zero-order chi connectivity index (χ0) is 17.3. The Morgan fingerprint density at radius 3 is 2.71 bits per heavy atom. The highest BCUT2D eigenvalue weighted by Gasteiger charge is 2.29. The Balaban J connectivity index is 1.89. The van der Waals surface area contributed by atoms with Crippen molar-refractivity contribution in [2.24, 2.45) is 0 Å². The lowest BCUT2D eigenvalue weighted by Crippen LogP contribution is -2.24. The molecule has 0 fully saturated rings. The van der Waals surface area contributed by atoms with Crippen LogP contribution in [0.25, 0.3) is 10.9 Å². The quantitative estimate of drug-likeness (QED) is 0.685. The van der Waals surface area contributed by atoms with Gasteiger partial charge in [-0.3, -0.25) is 0 Å². The van der Waals surface area contributed by atoms with Crippen LogP contribution < -0.4 is 4.90 Å². The molecule has 24 heavy (non-hydrogen) atoms. The summed E-state index contributed by atoms with van der Waals surface area (Å²) in [6, 6.07) is 4.10. The first kappa shape index (κ1) is 16.2. The molecule has 126 valence electrons. The normalized spacial score (nSPS) is 11.9. The topological polar surface area (TPSA) is 46.8 Å². The Hall–Kier alpha value is -2.71. The third-order valence-electron chi connectivity index (χ3n) is 3.47. The van der Waals surface area contributed by atoms with Crippen LogP contribution in [-0.4, -0.2) is 32.7 Å². The molecule has 3 aromatic rings. The van der Waals surface area contributed by atoms with Crippen molar-refractivity contribution >= 4 is 16.7 Å². The third kappa shape index (κ3) is 3.44. The number of hydrogen-bond donors (Lipinski definition) is 0. The van der Waals surface area contributed by atoms with Gasteiger partial charge in [0.1, 0.15) is 30.3 Å². The van der Waals surface area contributed by atoms with Crippen molar-refractivity contribution in [1.82, 2.24) is 19.5 Å². The predicted molar refractivity (Wildman–Crippen MR) is 79.9 cm³/mol. The molecule has 0 aliphatic rings. The summed E-state index contributed by atoms with van der Waals surface area (Å²) < 4.78 is 52.1. The molecule has 9 heteroatoms. The van der Waals surface area contributed by atoms with E-state index in [0.717, 1.165) is 4.57 Å². The van der Waals surface area contributed by atoms with Gasteiger partial charge in [0, 0.05) is 30.9 Å². The summed E-state index contributed by atoms with van der Waals surface area (Å²) in [6.45, 7) is -0.988. The van der Waals surface area contributed by atoms with Crippen molar-refractivity contribution in [1.29, 1.82) is 0 Å². The molecule has 0 saturated carbocycles. The van der Waals surface area contributed by atoms with Crippen molar-refractivity contribution in [2.45, 2.75) is 19.3 Å². The second kappa shape index (κ2) is 6.06. The smallest absolute Gasteiger partial charge is 0.352 e. The minimum atomic E-state index is -4.33. The maximum atomic E-state index is 13.3. The molecular weight excluding hydrogens is 326 g/mol. The first-order chi connectivity index (χ1) is 11.3. The summed E-state index contributed by atoms with van der Waals surface area (Å²) >= 11 is 0. The lowest BCUT2D eigenvalue weighted by Gasteiger charge is -2.20. The van der Waals surface area contributed by atoms with Crippen LogP contribution in [0.4, 0.5) is 23.4 Å². The van der Waals surface area contributed by atoms with Gasteiger partial charge in [-0.1, -0.05) is 0 Å². The third-order valence-corrected chi connectivity index (χ3v) is 3.47. The van der Waals surface area contributed by atoms with E-state index in [1.807, 2.05) is 0 Å². The molecule has 0 spiro atoms. The molecule has 0 aliphatic carbocycles. The van der Waals surface area contributed by atoms with Gasteiger partial charge < -0.3 is 9.47 Å². The van der Waals surface area contributed by atoms with Gasteiger partial charge in [-0.15, -0.1) is 0 Å². The molecule has 0 unspecified atom stereocenters. The molecule has 1 aromatic carbocycles. The molecule has 0 saturated heterocycles. The summed E-state index contributed by atoms with van der Waals surface area (Å²) in [4.78, 5) is 13.8. The molecule has 2 heterocycles. The molecule has 0 atom stereocenters. The van der Waals surface area contributed by atoms with E-state index in [9.17, 15) is 17.6 Å². The van der Waals surface area contributed by atoms with Gasteiger partial charge in [-0.05, 0) is 12.1 Å². The zero-order valence-electron chi connectivity index (χ0n) is 12.6. The van der Waals surface area contributed by atoms with Crippen LogP contribution in [0.2, 0.25) is 0 Å². The maximum Gasteiger partial charge on any atom is 0.406 e. The largest absolute Gasteiger partial charge is 0.406 e. The SMILES string of the molecule is CN(Cc1nccn1CC(F)(F)F)c1ncnc2cc(F)ccc12. The maximum absolute atomic E-state index is 13.3. The van der Waals surface area contributed by atoms with Crippen LogP contribution >= 0.6 is 0 Å². The summed E-state index contributed by atoms with van der Waals surface area (Å²) in [5.41, 5.74) is 0.422. The highest BCUT2D eigenvalue weighted by atomic mass is 19.4. The average Bonchev–Trinajstić information content (AvgIpc) is 2.91. The van der Waals surface area contributed by atoms with Crippen molar-refractivity contribution < 1.29 is 17.6 Å². The number of benzene rings is 1. The monoisotopic (exact) mass is 339 g/mol. The average molecular weight is 339 g/mol. The molecule has 0 bridgehead atoms. The Morgan fingerprint density at radius 1 is 1.17 bits per heavy atom. The van der Waals surface area contributed by atoms with Crippen molar-refractivity contribution in [3.8, 4) is 0 Å². The van der Waals surface area contributed by atoms with E-state index in [0.29, 0.717) is 16.7 Å². The molecule has 3 rings (SSSR count). The highest BCUT2D eigenvalue weighted by Crippen LogP contribution is 2.24. The van der Waals surface area contributed by atoms with Crippen molar-refractivity contribution in [3.05, 3.63) is 48.6 Å². The van der Waals surface area contributed by atoms with Gasteiger partial charge in [0.05, 0.1) is 12.1 Å². The van der Waals surface area contributed by atoms with Gasteiger partial charge in [-0.2, -0.15) is 13.2 Å². The number of halogens is 4. The van der Waals surface area contributed by atoms with E-state index in [2.05, 4.69) is 15.0 Å². The number of anilines is 1. The first-order valence-electron chi connectivity index (χ1n) is 7.01. The van der Waals surface area contributed by atoms with Crippen LogP contribution in [0, 0.1) is 5.82 Å². The van der Waals surface area contributed by atoms with E-state index < -0.39 is 18.5 Å². The highest BCUT2D eigenvalue weighted by molar-refractivity contribution is 5.89. The number of imidazole rings is 1. The fourth-order valence-corrected chi connectivity index (χ4v) is 2.44. The van der Waals surface area contributed by atoms with Crippen LogP contribution in [0.3, 0.4) is 0 Å². The van der Waals surface area contributed by atoms with E-state index in [4.69, 9.17) is 0 Å². The minimum Gasteiger partial charge on any atom is -0.352 e. The lowest BCUT2D eigenvalue weighted by atomic mass is 10.2. The fourth-order valence-electron chi connectivity index (χ4n) is 2.44. The summed E-state index contributed by atoms with van der Waals surface area (Å²) in [5.74, 6) is 0.320. The van der Waals surface area contributed by atoms with E-state index in [1.54, 1.807) is 18.0 Å². The number of rotatable bonds is 4. The van der Waals surface area contributed by atoms with Crippen LogP contribution in [0.5, 0.6) is 0 Å². The van der Waals surface area contributed by atoms with Gasteiger partial charge in [0.25, 0.3) is 0 Å². The second-order valence-corrected chi connectivity index (χ2v) is 5.30. The molecule has 5 nitrogen and oxygen atoms in total. The van der Waals surface area contributed by atoms with E-state index in [1.165, 1.54) is 30.9 Å². The number of nitrogens with zero attached hydrogens (tertiary/aromatic N) is 5. The van der Waals surface area contributed by atoms with Crippen LogP contribution in [0.1, 0.15) is 5.82 Å². The lowest BCUT2D eigenvalue weighted by molar-refractivity contribution is -0.141. The number of hydrogen-bond acceptors (Lipinski definition) is 4. The minimum absolute atomic E-state index is 0.118. The molecule has 2 aromatic heterocycles. The van der Waals surface area contributed by atoms with E-state index >= 15 is 0 Å². The van der Waals surface area contributed by atoms with Crippen molar-refractivity contribution in [2.75, 3.05) is 11.9 Å². The van der Waals surface area contributed by atoms with Gasteiger partial charge >= 0.3 is 6.18 Å². The summed E-state index contributed by atoms with van der Waals surface area (Å²) in [5, 5.41) is 0.607. The predicted octanol–water partition coefficient (Wildman–Crippen LogP) is 3.16. The number of alkyl halides is 3. The van der Waals surface area contributed by atoms with E-state index in [-0.39, 0.29) is 12.4 Å². The number of aromatic nitrogens is 4. The fraction of sp³-hybridized carbons (Fsp3) is 0.267. The molecule has 0 N–H and O–H groups in total. The Morgan fingerprint density at radius 2 is 1.96 bits per heavy atom. The zero-order valence-corrected chi connectivity index (χ0v) is 12.6. The standard InChI is InChI=1S/C15H13F4N5/c1-23(7-13-20-4-5-24(13)8-15(17,18)19)14-11-3-2-10(16)6-12(11)21-9-22-14/h2-6,9H,7-8H2,1H3. The Labute approximate surface area is 134 Å². The Kier molecular flexibility index (Phi) is 4.08. The second-order valence-electron chi connectivity index (χ2n) is 5.30. The number of fused-ring (bicyclic) bond motifs is 1. The Bertz CT molecular complexity index is 858. The molecule has 0 amide bonds. The van der Waals surface area contributed by atoms with Gasteiger partial charge in [0.2, 0.25) is 0 Å². The van der Waals surface area contributed by atoms with Crippen LogP contribution in [0.15, 0.2) is 36.9 Å². The first-order valence-corrected chi connectivity index (χ1v) is 7.01. The molecular formula is C15H13F4N5. The summed E-state index contributed by atoms with van der Waals surface area (Å²) in [7, 11) is 1.68.